The second kappa shape index (κ2) is 28.2. The number of nitrogens with two attached hydrogens (primary N) is 3. The highest BCUT2D eigenvalue weighted by atomic mass is 16.4. The Morgan fingerprint density at radius 3 is 1.81 bits per heavy atom. The molecule has 18 N–H and O–H groups in total. The molecule has 73 heavy (non-hydrogen) atoms. The van der Waals surface area contributed by atoms with Crippen molar-refractivity contribution in [1.82, 2.24) is 52.2 Å². The predicted molar refractivity (Wildman–Crippen MR) is 267 cm³/mol. The molecule has 0 saturated carbocycles. The van der Waals surface area contributed by atoms with Crippen LogP contribution in [0.2, 0.25) is 0 Å². The summed E-state index contributed by atoms with van der Waals surface area (Å²) >= 11 is 0. The third-order valence-corrected chi connectivity index (χ3v) is 11.9. The van der Waals surface area contributed by atoms with Crippen molar-refractivity contribution >= 4 is 64.2 Å². The molecule has 396 valence electrons. The first kappa shape index (κ1) is 57.7. The van der Waals surface area contributed by atoms with E-state index in [0.717, 1.165) is 10.9 Å². The van der Waals surface area contributed by atoms with Gasteiger partial charge in [-0.3, -0.25) is 38.6 Å². The molecule has 0 aliphatic heterocycles. The highest BCUT2D eigenvalue weighted by molar-refractivity contribution is 5.98. The number of carbonyl (C=O) groups is 8. The SMILES string of the molecule is CC[C@H](C)[C@H](NC(=O)[C@H](Cc1c[nH]c2ccccc12)NC(=O)[C@H](Cc1ccccc1)NC(=O)[C@H](CCCN=C(N)N)NC(=O)[C@@H](NC(=O)[C@@H](NC(=O)CN)[C@@H](C)O)[C@@H](C)O)C(=O)N[C@@H](Cc1cnc[nH]1)C(=O)O. The third-order valence-electron chi connectivity index (χ3n) is 11.9. The Balaban J connectivity index is 1.68. The topological polar surface area (TPSA) is 416 Å². The minimum absolute atomic E-state index is 0.00486. The summed E-state index contributed by atoms with van der Waals surface area (Å²) in [5, 5.41) is 49.5. The standard InChI is InChI=1S/C48H68N14O11/c1-5-25(2)38(44(69)59-36(47(72)73)20-30-23-52-24-55-30)61-43(68)35(19-29-22-54-32-15-10-9-14-31(29)32)58-42(67)34(18-28-12-7-6-8-13-28)57-41(66)33(16-11-17-53-48(50)51)56-45(70)40(27(4)64)62-46(71)39(26(3)63)60-37(65)21-49/h6-10,12-15,22-27,33-36,38-40,54,63-64H,5,11,16-21,49H2,1-4H3,(H,52,55)(H,56,70)(H,57,66)(H,58,67)(H,59,69)(H,60,65)(H,61,68)(H,62,71)(H,72,73)(H4,50,51,53)/t25-,26+,27+,33-,34-,35-,36-,38-,39-,40-/m0/s1. The summed E-state index contributed by atoms with van der Waals surface area (Å²) in [4.78, 5) is 123. The van der Waals surface area contributed by atoms with E-state index < -0.39 is 114 Å². The lowest BCUT2D eigenvalue weighted by Gasteiger charge is -2.29. The highest BCUT2D eigenvalue weighted by Gasteiger charge is 2.37. The van der Waals surface area contributed by atoms with Gasteiger partial charge in [0.1, 0.15) is 42.3 Å². The average Bonchev–Trinajstić information content (AvgIpc) is 4.03. The number of aromatic nitrogens is 3. The van der Waals surface area contributed by atoms with Crippen LogP contribution in [0.4, 0.5) is 0 Å². The van der Waals surface area contributed by atoms with Crippen molar-refractivity contribution in [3.63, 3.8) is 0 Å². The first-order chi connectivity index (χ1) is 34.7. The Morgan fingerprint density at radius 2 is 1.21 bits per heavy atom. The fraction of sp³-hybridized carbons (Fsp3) is 0.458. The smallest absolute Gasteiger partial charge is 0.326 e. The molecule has 2 heterocycles. The van der Waals surface area contributed by atoms with Crippen LogP contribution in [0.5, 0.6) is 0 Å². The number of fused-ring (bicyclic) bond motifs is 1. The van der Waals surface area contributed by atoms with Crippen LogP contribution in [0.25, 0.3) is 10.9 Å². The van der Waals surface area contributed by atoms with Gasteiger partial charge in [-0.15, -0.1) is 0 Å². The number of nitrogens with one attached hydrogen (secondary N) is 9. The number of H-pyrrole nitrogens is 2. The van der Waals surface area contributed by atoms with Crippen molar-refractivity contribution in [2.24, 2.45) is 28.1 Å². The molecule has 0 radical (unpaired) electrons. The van der Waals surface area contributed by atoms with E-state index in [1.807, 2.05) is 18.2 Å². The Bertz CT molecular complexity index is 2510. The van der Waals surface area contributed by atoms with Gasteiger partial charge in [0.15, 0.2) is 5.96 Å². The number of aliphatic imine (C=N–C) groups is 1. The number of benzene rings is 2. The molecule has 10 atom stereocenters. The molecule has 0 saturated heterocycles. The number of carbonyl (C=O) groups excluding carboxylic acids is 7. The molecule has 0 aliphatic rings. The minimum atomic E-state index is -1.74. The fourth-order valence-electron chi connectivity index (χ4n) is 7.69. The molecule has 25 nitrogen and oxygen atoms in total. The number of amides is 7. The number of aromatic amines is 2. The van der Waals surface area contributed by atoms with Gasteiger partial charge in [-0.05, 0) is 49.8 Å². The van der Waals surface area contributed by atoms with Gasteiger partial charge in [-0.1, -0.05) is 68.8 Å². The fourth-order valence-corrected chi connectivity index (χ4v) is 7.69. The van der Waals surface area contributed by atoms with Gasteiger partial charge in [0.05, 0.1) is 25.1 Å². The van der Waals surface area contributed by atoms with Gasteiger partial charge in [0.25, 0.3) is 0 Å². The zero-order valence-electron chi connectivity index (χ0n) is 41.1. The quantitative estimate of drug-likeness (QED) is 0.0149. The second-order valence-electron chi connectivity index (χ2n) is 17.7. The maximum absolute atomic E-state index is 14.7. The molecular weight excluding hydrogens is 949 g/mol. The summed E-state index contributed by atoms with van der Waals surface area (Å²) in [6, 6.07) is 5.51. The molecule has 7 amide bonds. The molecule has 4 rings (SSSR count). The lowest BCUT2D eigenvalue weighted by atomic mass is 9.96. The number of aliphatic hydroxyl groups excluding tert-OH is 2. The summed E-state index contributed by atoms with van der Waals surface area (Å²) in [5.74, 6) is -8.35. The molecule has 0 bridgehead atoms. The molecule has 0 fully saturated rings. The molecule has 0 aliphatic carbocycles. The van der Waals surface area contributed by atoms with Gasteiger partial charge in [-0.25, -0.2) is 9.78 Å². The summed E-state index contributed by atoms with van der Waals surface area (Å²) < 4.78 is 0. The Morgan fingerprint density at radius 1 is 0.658 bits per heavy atom. The van der Waals surface area contributed by atoms with Gasteiger partial charge in [-0.2, -0.15) is 0 Å². The minimum Gasteiger partial charge on any atom is -0.480 e. The van der Waals surface area contributed by atoms with Crippen LogP contribution in [-0.4, -0.2) is 151 Å². The monoisotopic (exact) mass is 1020 g/mol. The summed E-state index contributed by atoms with van der Waals surface area (Å²) in [7, 11) is 0. The summed E-state index contributed by atoms with van der Waals surface area (Å²) in [6.45, 7) is 5.37. The molecular formula is C48H68N14O11. The van der Waals surface area contributed by atoms with E-state index in [-0.39, 0.29) is 44.6 Å². The van der Waals surface area contributed by atoms with E-state index in [2.05, 4.69) is 57.2 Å². The Kier molecular flexibility index (Phi) is 22.3. The second-order valence-corrected chi connectivity index (χ2v) is 17.7. The van der Waals surface area contributed by atoms with Gasteiger partial charge >= 0.3 is 5.97 Å². The van der Waals surface area contributed by atoms with Crippen molar-refractivity contribution in [1.29, 1.82) is 0 Å². The van der Waals surface area contributed by atoms with E-state index in [1.165, 1.54) is 26.4 Å². The normalized spacial score (nSPS) is 15.3. The molecule has 2 aromatic heterocycles. The number of aliphatic hydroxyl groups is 2. The average molecular weight is 1020 g/mol. The first-order valence-corrected chi connectivity index (χ1v) is 23.7. The number of hydrogen-bond acceptors (Lipinski definition) is 13. The van der Waals surface area contributed by atoms with Crippen molar-refractivity contribution in [3.8, 4) is 0 Å². The lowest BCUT2D eigenvalue weighted by molar-refractivity contribution is -0.142. The Hall–Kier alpha value is -7.90. The molecule has 0 unspecified atom stereocenters. The molecule has 2 aromatic carbocycles. The van der Waals surface area contributed by atoms with Gasteiger partial charge in [0, 0.05) is 54.8 Å². The van der Waals surface area contributed by atoms with E-state index in [0.29, 0.717) is 23.2 Å². The maximum Gasteiger partial charge on any atom is 0.326 e. The molecule has 4 aromatic rings. The van der Waals surface area contributed by atoms with E-state index in [1.54, 1.807) is 56.4 Å². The number of carboxylic acid groups (broad SMARTS) is 1. The number of guanidine groups is 1. The summed E-state index contributed by atoms with van der Waals surface area (Å²) in [6.07, 6.45) is 1.36. The largest absolute Gasteiger partial charge is 0.480 e. The maximum atomic E-state index is 14.7. The number of hydrogen-bond donors (Lipinski definition) is 15. The predicted octanol–water partition coefficient (Wildman–Crippen LogP) is -2.78. The van der Waals surface area contributed by atoms with E-state index in [4.69, 9.17) is 17.2 Å². The van der Waals surface area contributed by atoms with Crippen molar-refractivity contribution in [2.45, 2.75) is 121 Å². The van der Waals surface area contributed by atoms with Crippen LogP contribution < -0.4 is 54.4 Å². The van der Waals surface area contributed by atoms with Crippen LogP contribution in [0.3, 0.4) is 0 Å². The van der Waals surface area contributed by atoms with Gasteiger partial charge < -0.3 is 79.7 Å². The number of imidazole rings is 1. The van der Waals surface area contributed by atoms with Gasteiger partial charge in [0.2, 0.25) is 41.4 Å². The number of nitrogens with zero attached hydrogens (tertiary/aromatic N) is 2. The van der Waals surface area contributed by atoms with Crippen molar-refractivity contribution in [2.75, 3.05) is 13.1 Å². The van der Waals surface area contributed by atoms with Crippen molar-refractivity contribution in [3.05, 3.63) is 90.1 Å². The van der Waals surface area contributed by atoms with E-state index in [9.17, 15) is 53.7 Å². The zero-order chi connectivity index (χ0) is 53.8. The summed E-state index contributed by atoms with van der Waals surface area (Å²) in [5.41, 5.74) is 18.8. The van der Waals surface area contributed by atoms with Crippen LogP contribution in [0, 0.1) is 5.92 Å². The zero-order valence-corrected chi connectivity index (χ0v) is 41.1. The first-order valence-electron chi connectivity index (χ1n) is 23.7. The number of aliphatic carboxylic acids is 1. The number of para-hydroxylation sites is 1. The number of carboxylic acids is 1. The van der Waals surface area contributed by atoms with Crippen LogP contribution in [-0.2, 0) is 57.6 Å². The van der Waals surface area contributed by atoms with Crippen LogP contribution >= 0.6 is 0 Å². The molecule has 0 spiro atoms. The number of rotatable bonds is 29. The lowest BCUT2D eigenvalue weighted by Crippen LogP contribution is -2.62. The Labute approximate surface area is 421 Å². The van der Waals surface area contributed by atoms with Crippen LogP contribution in [0.15, 0.2) is 78.3 Å². The highest BCUT2D eigenvalue weighted by Crippen LogP contribution is 2.20. The van der Waals surface area contributed by atoms with Crippen molar-refractivity contribution < 1.29 is 53.7 Å². The van der Waals surface area contributed by atoms with Crippen LogP contribution in [0.1, 0.15) is 63.8 Å². The van der Waals surface area contributed by atoms with E-state index >= 15 is 0 Å². The molecule has 25 heteroatoms. The third kappa shape index (κ3) is 17.7.